The number of likely N-dealkylation sites (N-methyl/N-ethyl adjacent to an activating group) is 1. The lowest BCUT2D eigenvalue weighted by Crippen LogP contribution is -2.24. The molecular weight excluding hydrogens is 294 g/mol. The van der Waals surface area contributed by atoms with Crippen LogP contribution in [-0.4, -0.2) is 23.2 Å². The molecule has 2 rings (SSSR count). The fraction of sp³-hybridized carbons (Fsp3) is 0.529. The predicted octanol–water partition coefficient (Wildman–Crippen LogP) is 3.85. The molecule has 2 atom stereocenters. The molecule has 0 fully saturated rings. The maximum Gasteiger partial charge on any atom is 0.240 e. The molecule has 5 heteroatoms. The molecule has 1 heterocycles. The summed E-state index contributed by atoms with van der Waals surface area (Å²) in [5.41, 5.74) is 1.32. The summed E-state index contributed by atoms with van der Waals surface area (Å²) in [5, 5.41) is 7.55. The summed E-state index contributed by atoms with van der Waals surface area (Å²) in [6.07, 6.45) is 0.786. The van der Waals surface area contributed by atoms with Gasteiger partial charge in [0.2, 0.25) is 5.89 Å². The molecule has 1 aromatic carbocycles. The summed E-state index contributed by atoms with van der Waals surface area (Å²) < 4.78 is 5.51. The molecular formula is C17H25N3OS. The molecule has 0 aliphatic carbocycles. The Morgan fingerprint density at radius 2 is 1.91 bits per heavy atom. The summed E-state index contributed by atoms with van der Waals surface area (Å²) in [4.78, 5) is 4.59. The molecule has 4 nitrogen and oxygen atoms in total. The zero-order valence-electron chi connectivity index (χ0n) is 13.7. The van der Waals surface area contributed by atoms with E-state index in [0.717, 1.165) is 23.9 Å². The topological polar surface area (TPSA) is 51.0 Å². The second kappa shape index (κ2) is 8.34. The van der Waals surface area contributed by atoms with E-state index in [-0.39, 0.29) is 5.25 Å². The van der Waals surface area contributed by atoms with Gasteiger partial charge in [0, 0.05) is 18.2 Å². The molecule has 0 saturated carbocycles. The van der Waals surface area contributed by atoms with Gasteiger partial charge in [0.15, 0.2) is 5.82 Å². The SMILES string of the molecule is CNC(C)Cc1noc(C(SCc2ccccc2)C(C)C)n1. The quantitative estimate of drug-likeness (QED) is 0.801. The van der Waals surface area contributed by atoms with Crippen molar-refractivity contribution in [2.45, 2.75) is 44.2 Å². The second-order valence-corrected chi connectivity index (χ2v) is 7.03. The summed E-state index contributed by atoms with van der Waals surface area (Å²) in [7, 11) is 1.94. The number of thioether (sulfide) groups is 1. The van der Waals surface area contributed by atoms with E-state index in [1.165, 1.54) is 5.56 Å². The molecule has 0 radical (unpaired) electrons. The van der Waals surface area contributed by atoms with Crippen molar-refractivity contribution in [2.24, 2.45) is 5.92 Å². The summed E-state index contributed by atoms with van der Waals surface area (Å²) in [6, 6.07) is 10.8. The lowest BCUT2D eigenvalue weighted by atomic mass is 10.1. The molecule has 0 saturated heterocycles. The first kappa shape index (κ1) is 17.0. The first-order valence-electron chi connectivity index (χ1n) is 7.75. The van der Waals surface area contributed by atoms with Crippen LogP contribution < -0.4 is 5.32 Å². The highest BCUT2D eigenvalue weighted by Gasteiger charge is 2.23. The lowest BCUT2D eigenvalue weighted by molar-refractivity contribution is 0.354. The van der Waals surface area contributed by atoms with E-state index in [1.807, 2.05) is 24.9 Å². The Labute approximate surface area is 137 Å². The van der Waals surface area contributed by atoms with Crippen molar-refractivity contribution >= 4 is 11.8 Å². The molecule has 1 aromatic heterocycles. The van der Waals surface area contributed by atoms with Crippen molar-refractivity contribution in [3.8, 4) is 0 Å². The van der Waals surface area contributed by atoms with Crippen molar-refractivity contribution in [2.75, 3.05) is 7.05 Å². The molecule has 0 spiro atoms. The largest absolute Gasteiger partial charge is 0.338 e. The van der Waals surface area contributed by atoms with Crippen LogP contribution >= 0.6 is 11.8 Å². The molecule has 2 unspecified atom stereocenters. The molecule has 120 valence electrons. The highest BCUT2D eigenvalue weighted by molar-refractivity contribution is 7.98. The number of rotatable bonds is 8. The zero-order chi connectivity index (χ0) is 15.9. The average Bonchev–Trinajstić information content (AvgIpc) is 2.96. The van der Waals surface area contributed by atoms with Gasteiger partial charge in [0.25, 0.3) is 0 Å². The predicted molar refractivity (Wildman–Crippen MR) is 91.8 cm³/mol. The fourth-order valence-electron chi connectivity index (χ4n) is 2.15. The van der Waals surface area contributed by atoms with E-state index >= 15 is 0 Å². The van der Waals surface area contributed by atoms with Gasteiger partial charge in [-0.25, -0.2) is 0 Å². The van der Waals surface area contributed by atoms with Crippen molar-refractivity contribution in [3.63, 3.8) is 0 Å². The number of aromatic nitrogens is 2. The van der Waals surface area contributed by atoms with E-state index in [0.29, 0.717) is 12.0 Å². The van der Waals surface area contributed by atoms with Crippen molar-refractivity contribution in [3.05, 3.63) is 47.6 Å². The highest BCUT2D eigenvalue weighted by Crippen LogP contribution is 2.36. The Morgan fingerprint density at radius 1 is 1.18 bits per heavy atom. The molecule has 0 aliphatic rings. The molecule has 1 N–H and O–H groups in total. The Morgan fingerprint density at radius 3 is 2.55 bits per heavy atom. The van der Waals surface area contributed by atoms with Gasteiger partial charge in [-0.2, -0.15) is 4.98 Å². The molecule has 0 amide bonds. The highest BCUT2D eigenvalue weighted by atomic mass is 32.2. The maximum absolute atomic E-state index is 5.51. The van der Waals surface area contributed by atoms with E-state index < -0.39 is 0 Å². The number of benzene rings is 1. The van der Waals surface area contributed by atoms with Gasteiger partial charge < -0.3 is 9.84 Å². The number of nitrogens with zero attached hydrogens (tertiary/aromatic N) is 2. The first-order chi connectivity index (χ1) is 10.6. The van der Waals surface area contributed by atoms with Gasteiger partial charge in [-0.3, -0.25) is 0 Å². The Kier molecular flexibility index (Phi) is 6.46. The van der Waals surface area contributed by atoms with Crippen molar-refractivity contribution in [1.29, 1.82) is 0 Å². The molecule has 22 heavy (non-hydrogen) atoms. The van der Waals surface area contributed by atoms with Crippen molar-refractivity contribution < 1.29 is 4.52 Å². The average molecular weight is 319 g/mol. The maximum atomic E-state index is 5.51. The van der Waals surface area contributed by atoms with Gasteiger partial charge in [0.05, 0.1) is 5.25 Å². The number of nitrogens with one attached hydrogen (secondary N) is 1. The lowest BCUT2D eigenvalue weighted by Gasteiger charge is -2.16. The summed E-state index contributed by atoms with van der Waals surface area (Å²) >= 11 is 1.86. The first-order valence-corrected chi connectivity index (χ1v) is 8.80. The van der Waals surface area contributed by atoms with E-state index in [2.05, 4.69) is 60.5 Å². The van der Waals surface area contributed by atoms with Crippen LogP contribution in [0.3, 0.4) is 0 Å². The zero-order valence-corrected chi connectivity index (χ0v) is 14.6. The van der Waals surface area contributed by atoms with E-state index in [4.69, 9.17) is 4.52 Å². The Balaban J connectivity index is 2.01. The number of hydrogen-bond donors (Lipinski definition) is 1. The van der Waals surface area contributed by atoms with Crippen LogP contribution in [-0.2, 0) is 12.2 Å². The van der Waals surface area contributed by atoms with Gasteiger partial charge in [0.1, 0.15) is 0 Å². The van der Waals surface area contributed by atoms with Crippen LogP contribution in [0.1, 0.15) is 43.3 Å². The van der Waals surface area contributed by atoms with Crippen LogP contribution in [0.15, 0.2) is 34.9 Å². The smallest absolute Gasteiger partial charge is 0.240 e. The third-order valence-electron chi connectivity index (χ3n) is 3.59. The van der Waals surface area contributed by atoms with Crippen LogP contribution in [0, 0.1) is 5.92 Å². The monoisotopic (exact) mass is 319 g/mol. The normalized spacial score (nSPS) is 14.2. The molecule has 2 aromatic rings. The molecule has 0 aliphatic heterocycles. The fourth-order valence-corrected chi connectivity index (χ4v) is 3.34. The van der Waals surface area contributed by atoms with Gasteiger partial charge in [-0.05, 0) is 25.5 Å². The van der Waals surface area contributed by atoms with Crippen LogP contribution in [0.25, 0.3) is 0 Å². The van der Waals surface area contributed by atoms with E-state index in [9.17, 15) is 0 Å². The third-order valence-corrected chi connectivity index (χ3v) is 5.19. The second-order valence-electron chi connectivity index (χ2n) is 5.90. The van der Waals surface area contributed by atoms with Gasteiger partial charge in [-0.1, -0.05) is 49.3 Å². The van der Waals surface area contributed by atoms with Crippen LogP contribution in [0.2, 0.25) is 0 Å². The minimum absolute atomic E-state index is 0.228. The minimum Gasteiger partial charge on any atom is -0.338 e. The van der Waals surface area contributed by atoms with Gasteiger partial charge in [-0.15, -0.1) is 11.8 Å². The molecule has 0 bridgehead atoms. The minimum atomic E-state index is 0.228. The van der Waals surface area contributed by atoms with Crippen LogP contribution in [0.5, 0.6) is 0 Å². The summed E-state index contributed by atoms with van der Waals surface area (Å²) in [5.74, 6) is 2.93. The van der Waals surface area contributed by atoms with Crippen molar-refractivity contribution in [1.82, 2.24) is 15.5 Å². The van der Waals surface area contributed by atoms with Crippen LogP contribution in [0.4, 0.5) is 0 Å². The number of hydrogen-bond acceptors (Lipinski definition) is 5. The van der Waals surface area contributed by atoms with Gasteiger partial charge >= 0.3 is 0 Å². The Hall–Kier alpha value is -1.33. The third kappa shape index (κ3) is 4.85. The van der Waals surface area contributed by atoms with E-state index in [1.54, 1.807) is 0 Å². The summed E-state index contributed by atoms with van der Waals surface area (Å²) in [6.45, 7) is 6.51. The Bertz CT molecular complexity index is 556. The standard InChI is InChI=1S/C17H25N3OS/c1-12(2)16(22-11-14-8-6-5-7-9-14)17-19-15(20-21-17)10-13(3)18-4/h5-9,12-13,16,18H,10-11H2,1-4H3.